The van der Waals surface area contributed by atoms with Crippen molar-refractivity contribution in [1.29, 1.82) is 5.26 Å². The quantitative estimate of drug-likeness (QED) is 0.0396. The van der Waals surface area contributed by atoms with Gasteiger partial charge in [0, 0.05) is 90.8 Å². The van der Waals surface area contributed by atoms with Crippen molar-refractivity contribution in [2.45, 2.75) is 89.3 Å². The van der Waals surface area contributed by atoms with E-state index in [-0.39, 0.29) is 114 Å². The first-order valence-electron chi connectivity index (χ1n) is 19.1. The summed E-state index contributed by atoms with van der Waals surface area (Å²) in [4.78, 5) is 38.0. The average Bonchev–Trinajstić information content (AvgIpc) is 3.94. The van der Waals surface area contributed by atoms with Crippen LogP contribution in [0.3, 0.4) is 0 Å². The number of aromatic nitrogens is 4. The van der Waals surface area contributed by atoms with Gasteiger partial charge in [-0.15, -0.1) is 12.4 Å². The van der Waals surface area contributed by atoms with Gasteiger partial charge in [-0.2, -0.15) is 5.26 Å². The third-order valence-electron chi connectivity index (χ3n) is 10.2. The number of aromatic amines is 1. The van der Waals surface area contributed by atoms with Gasteiger partial charge < -0.3 is 14.3 Å². The number of thiol groups is 1. The molecule has 1 amide bonds. The molecule has 2 aliphatic rings. The Morgan fingerprint density at radius 3 is 1.80 bits per heavy atom. The molecular formula is C43H41ClF8KN6O3S2+. The number of Topliss-reactive ketones (excluding diaryl/α,β-unsaturated/α-hetero) is 1. The van der Waals surface area contributed by atoms with E-state index < -0.39 is 87.2 Å². The standard InChI is InChI=1S/C23H24F4N2O3.C19H15F4N3S.CHNS.ClH.K/c1-23(2,3)32-22(31)29-12-14(19-20(26)15(24)10-16(25)21(19)27)9-17(29)18(30)7-6-13-5-4-8-28-11-13;20-12-7-13(21)18(23)16(17(12)22)11-6-15-14(25-19(27)26(15)9-11)4-3-10-2-1-5-24-8-10;2-1-3;;/h4-5,8,10-11,14,17H,6-7,9,12H2,1-3H3;1-2,5,7-8,11H,3-4,6,9H2,(H,25,27);3H;1H;/q;;;;+1/t14-,17?;11-;;;/m00.../s1. The summed E-state index contributed by atoms with van der Waals surface area (Å²) in [6.07, 6.45) is 7.68. The second-order valence-electron chi connectivity index (χ2n) is 15.5. The summed E-state index contributed by atoms with van der Waals surface area (Å²) in [7, 11) is 0. The van der Waals surface area contributed by atoms with Crippen LogP contribution in [0.5, 0.6) is 0 Å². The van der Waals surface area contributed by atoms with Gasteiger partial charge in [-0.1, -0.05) is 24.8 Å². The molecule has 5 heterocycles. The smallest absolute Gasteiger partial charge is 0.444 e. The Hall–Kier alpha value is -3.68. The van der Waals surface area contributed by atoms with Gasteiger partial charge >= 0.3 is 57.5 Å². The number of imidazole rings is 1. The molecule has 1 fully saturated rings. The molecule has 21 heteroatoms. The number of amides is 1. The molecule has 7 rings (SSSR count). The van der Waals surface area contributed by atoms with Crippen LogP contribution in [0.2, 0.25) is 0 Å². The normalized spacial score (nSPS) is 16.2. The summed E-state index contributed by atoms with van der Waals surface area (Å²) >= 11 is 8.40. The Morgan fingerprint density at radius 1 is 0.844 bits per heavy atom. The molecule has 1 N–H and O–H groups in total. The Morgan fingerprint density at radius 2 is 1.33 bits per heavy atom. The van der Waals surface area contributed by atoms with Crippen LogP contribution in [0.1, 0.15) is 79.1 Å². The Kier molecular flexibility index (Phi) is 20.7. The number of ether oxygens (including phenoxy) is 1. The molecule has 9 nitrogen and oxygen atoms in total. The number of H-pyrrole nitrogens is 1. The molecule has 3 atom stereocenters. The van der Waals surface area contributed by atoms with E-state index >= 15 is 0 Å². The van der Waals surface area contributed by atoms with E-state index in [0.717, 1.165) is 33.8 Å². The minimum Gasteiger partial charge on any atom is -0.444 e. The first kappa shape index (κ1) is 54.6. The summed E-state index contributed by atoms with van der Waals surface area (Å²) in [6.45, 7) is 4.78. The second kappa shape index (κ2) is 24.2. The first-order chi connectivity index (χ1) is 29.3. The van der Waals surface area contributed by atoms with E-state index in [4.69, 9.17) is 22.2 Å². The van der Waals surface area contributed by atoms with E-state index in [1.165, 1.54) is 5.40 Å². The number of carbonyl (C=O) groups excluding carboxylic acids is 2. The number of ketones is 1. The topological polar surface area (TPSA) is 117 Å². The van der Waals surface area contributed by atoms with E-state index in [0.29, 0.717) is 17.6 Å². The van der Waals surface area contributed by atoms with Gasteiger partial charge in [0.2, 0.25) is 0 Å². The van der Waals surface area contributed by atoms with Crippen molar-refractivity contribution in [2.24, 2.45) is 0 Å². The predicted octanol–water partition coefficient (Wildman–Crippen LogP) is 7.38. The Balaban J connectivity index is 0.000000315. The number of hydrogen-bond acceptors (Lipinski definition) is 8. The molecule has 1 saturated heterocycles. The van der Waals surface area contributed by atoms with Crippen LogP contribution in [0.25, 0.3) is 0 Å². The zero-order chi connectivity index (χ0) is 45.5. The van der Waals surface area contributed by atoms with Crippen LogP contribution in [-0.4, -0.2) is 54.5 Å². The first-order valence-corrected chi connectivity index (χ1v) is 20.0. The van der Waals surface area contributed by atoms with E-state index in [1.807, 2.05) is 12.1 Å². The van der Waals surface area contributed by atoms with Crippen LogP contribution in [0.15, 0.2) is 61.2 Å². The van der Waals surface area contributed by atoms with Crippen LogP contribution < -0.4 is 51.4 Å². The van der Waals surface area contributed by atoms with Gasteiger partial charge in [-0.25, -0.2) is 39.9 Å². The van der Waals surface area contributed by atoms with Crippen LogP contribution in [0, 0.1) is 62.0 Å². The Labute approximate surface area is 423 Å². The number of nitriles is 1. The Bertz CT molecular complexity index is 2470. The van der Waals surface area contributed by atoms with Gasteiger partial charge in [0.1, 0.15) is 11.0 Å². The molecule has 0 saturated carbocycles. The summed E-state index contributed by atoms with van der Waals surface area (Å²) in [5, 5.41) is 8.63. The molecule has 0 radical (unpaired) electrons. The van der Waals surface area contributed by atoms with E-state index in [1.54, 1.807) is 62.3 Å². The molecule has 0 spiro atoms. The molecule has 336 valence electrons. The van der Waals surface area contributed by atoms with Crippen molar-refractivity contribution in [2.75, 3.05) is 6.54 Å². The molecule has 3 aromatic heterocycles. The molecule has 1 unspecified atom stereocenters. The predicted molar refractivity (Wildman–Crippen MR) is 224 cm³/mol. The SMILES string of the molecule is CC(C)(C)OC(=O)N1C[C@@H](c2c(F)c(F)cc(F)c2F)CC1C(=O)CCc1cccnc1.Cl.Fc1cc(F)c(F)c([C@H]2Cc3c(CCc4cccnc4)[nH]c(=S)n3C2)c1F.N#CS.[K+]. The van der Waals surface area contributed by atoms with Gasteiger partial charge in [0.15, 0.2) is 57.1 Å². The largest absolute Gasteiger partial charge is 1.00 e. The number of nitrogens with one attached hydrogen (secondary N) is 1. The van der Waals surface area contributed by atoms with Crippen molar-refractivity contribution in [3.63, 3.8) is 0 Å². The van der Waals surface area contributed by atoms with Crippen molar-refractivity contribution in [3.8, 4) is 5.40 Å². The maximum absolute atomic E-state index is 14.4. The monoisotopic (exact) mass is 979 g/mol. The van der Waals surface area contributed by atoms with Gasteiger partial charge in [0.25, 0.3) is 0 Å². The fourth-order valence-electron chi connectivity index (χ4n) is 7.47. The number of halogens is 9. The molecular weight excluding hydrogens is 939 g/mol. The number of nitrogens with zero attached hydrogens (tertiary/aromatic N) is 5. The van der Waals surface area contributed by atoms with Crippen molar-refractivity contribution < 1.29 is 101 Å². The number of benzene rings is 2. The number of carbonyl (C=O) groups is 2. The third-order valence-corrected chi connectivity index (χ3v) is 10.5. The van der Waals surface area contributed by atoms with Crippen molar-refractivity contribution in [3.05, 3.63) is 146 Å². The molecule has 2 aromatic carbocycles. The summed E-state index contributed by atoms with van der Waals surface area (Å²) in [5.74, 6) is -13.7. The maximum Gasteiger partial charge on any atom is 1.00 e. The number of aryl methyl sites for hydroxylation is 3. The zero-order valence-electron chi connectivity index (χ0n) is 34.9. The van der Waals surface area contributed by atoms with E-state index in [2.05, 4.69) is 27.6 Å². The zero-order valence-corrected chi connectivity index (χ0v) is 40.6. The number of rotatable bonds is 9. The van der Waals surface area contributed by atoms with E-state index in [9.17, 15) is 44.7 Å². The molecule has 64 heavy (non-hydrogen) atoms. The van der Waals surface area contributed by atoms with Crippen LogP contribution in [0.4, 0.5) is 39.9 Å². The summed E-state index contributed by atoms with van der Waals surface area (Å²) in [6, 6.07) is 6.64. The van der Waals surface area contributed by atoms with Crippen LogP contribution >= 0.6 is 37.3 Å². The summed E-state index contributed by atoms with van der Waals surface area (Å²) < 4.78 is 119. The minimum absolute atomic E-state index is 0. The average molecular weight is 981 g/mol. The number of pyridine rings is 2. The number of likely N-dealkylation sites (tertiary alicyclic amines) is 1. The van der Waals surface area contributed by atoms with Gasteiger partial charge in [-0.3, -0.25) is 19.7 Å². The fourth-order valence-corrected chi connectivity index (χ4v) is 7.78. The van der Waals surface area contributed by atoms with Crippen molar-refractivity contribution in [1.82, 2.24) is 24.4 Å². The number of fused-ring (bicyclic) bond motifs is 1. The van der Waals surface area contributed by atoms with Gasteiger partial charge in [-0.05, 0) is 88.4 Å². The second-order valence-corrected chi connectivity index (χ2v) is 16.1. The molecule has 0 bridgehead atoms. The number of hydrogen-bond donors (Lipinski definition) is 2. The number of thiocyanates is 1. The third kappa shape index (κ3) is 13.5. The maximum atomic E-state index is 14.4. The van der Waals surface area contributed by atoms with Gasteiger partial charge in [0.05, 0.1) is 6.04 Å². The minimum atomic E-state index is -1.53. The molecule has 2 aliphatic heterocycles. The van der Waals surface area contributed by atoms with Crippen molar-refractivity contribution >= 4 is 49.1 Å². The molecule has 5 aromatic rings. The fraction of sp³-hybridized carbons (Fsp3) is 0.349. The summed E-state index contributed by atoms with van der Waals surface area (Å²) in [5.41, 5.74) is 1.31. The van der Waals surface area contributed by atoms with Crippen LogP contribution in [-0.2, 0) is 41.8 Å². The molecule has 0 aliphatic carbocycles.